The summed E-state index contributed by atoms with van der Waals surface area (Å²) in [4.78, 5) is 4.80. The van der Waals surface area contributed by atoms with Crippen LogP contribution in [0.3, 0.4) is 0 Å². The summed E-state index contributed by atoms with van der Waals surface area (Å²) in [5, 5.41) is 2.47. The van der Waals surface area contributed by atoms with Gasteiger partial charge in [0, 0.05) is 21.0 Å². The Hall–Kier alpha value is -2.06. The van der Waals surface area contributed by atoms with Crippen molar-refractivity contribution in [3.05, 3.63) is 88.9 Å². The molecular weight excluding hydrogens is 373 g/mol. The molecule has 0 saturated carbocycles. The molecular formula is C21H14Cl3N. The molecule has 0 aliphatic heterocycles. The van der Waals surface area contributed by atoms with Gasteiger partial charge in [0.05, 0.1) is 11.2 Å². The zero-order valence-corrected chi connectivity index (χ0v) is 15.4. The fourth-order valence-electron chi connectivity index (χ4n) is 2.82. The topological polar surface area (TPSA) is 12.9 Å². The minimum atomic E-state index is 0. The van der Waals surface area contributed by atoms with Crippen molar-refractivity contribution < 1.29 is 0 Å². The minimum Gasteiger partial charge on any atom is -0.248 e. The summed E-state index contributed by atoms with van der Waals surface area (Å²) in [5.74, 6) is 0. The number of fused-ring (bicyclic) bond motifs is 1. The van der Waals surface area contributed by atoms with Gasteiger partial charge in [-0.3, -0.25) is 0 Å². The Kier molecular flexibility index (Phi) is 5.29. The Balaban J connectivity index is 0.00000182. The molecule has 0 spiro atoms. The van der Waals surface area contributed by atoms with Crippen LogP contribution in [0.5, 0.6) is 0 Å². The SMILES string of the molecule is Cl.Clc1ccc(-c2cc(-c3ccccc3)c3cc(Cl)ccc3n2)cc1. The molecule has 4 aromatic rings. The Morgan fingerprint density at radius 2 is 1.32 bits per heavy atom. The standard InChI is InChI=1S/C21H13Cl2N.ClH/c22-16-8-6-15(7-9-16)21-13-18(14-4-2-1-3-5-14)19-12-17(23)10-11-20(19)24-21;/h1-13H;1H. The van der Waals surface area contributed by atoms with E-state index in [4.69, 9.17) is 28.2 Å². The van der Waals surface area contributed by atoms with Crippen molar-refractivity contribution in [2.75, 3.05) is 0 Å². The molecule has 1 nitrogen and oxygen atoms in total. The highest BCUT2D eigenvalue weighted by molar-refractivity contribution is 6.31. The second kappa shape index (κ2) is 7.45. The highest BCUT2D eigenvalue weighted by Gasteiger charge is 2.10. The monoisotopic (exact) mass is 385 g/mol. The minimum absolute atomic E-state index is 0. The summed E-state index contributed by atoms with van der Waals surface area (Å²) < 4.78 is 0. The van der Waals surface area contributed by atoms with Crippen molar-refractivity contribution in [1.82, 2.24) is 4.98 Å². The van der Waals surface area contributed by atoms with Crippen LogP contribution in [0, 0.1) is 0 Å². The number of hydrogen-bond acceptors (Lipinski definition) is 1. The molecule has 25 heavy (non-hydrogen) atoms. The van der Waals surface area contributed by atoms with Crippen molar-refractivity contribution in [3.63, 3.8) is 0 Å². The van der Waals surface area contributed by atoms with Crippen LogP contribution >= 0.6 is 35.6 Å². The van der Waals surface area contributed by atoms with Gasteiger partial charge >= 0.3 is 0 Å². The number of aromatic nitrogens is 1. The lowest BCUT2D eigenvalue weighted by atomic mass is 9.98. The Bertz CT molecular complexity index is 1010. The van der Waals surface area contributed by atoms with Gasteiger partial charge in [-0.05, 0) is 47.5 Å². The number of hydrogen-bond donors (Lipinski definition) is 0. The van der Waals surface area contributed by atoms with Crippen molar-refractivity contribution in [2.24, 2.45) is 0 Å². The molecule has 124 valence electrons. The third-order valence-corrected chi connectivity index (χ3v) is 4.48. The summed E-state index contributed by atoms with van der Waals surface area (Å²) in [6.07, 6.45) is 0. The maximum atomic E-state index is 6.21. The van der Waals surface area contributed by atoms with Crippen LogP contribution in [-0.2, 0) is 0 Å². The number of pyridine rings is 1. The van der Waals surface area contributed by atoms with Gasteiger partial charge < -0.3 is 0 Å². The van der Waals surface area contributed by atoms with Gasteiger partial charge in [0.15, 0.2) is 0 Å². The normalized spacial score (nSPS) is 10.5. The van der Waals surface area contributed by atoms with Crippen molar-refractivity contribution in [3.8, 4) is 22.4 Å². The summed E-state index contributed by atoms with van der Waals surface area (Å²) >= 11 is 12.2. The molecule has 0 unspecified atom stereocenters. The average Bonchev–Trinajstić information content (AvgIpc) is 2.62. The van der Waals surface area contributed by atoms with Crippen molar-refractivity contribution in [1.29, 1.82) is 0 Å². The molecule has 4 rings (SSSR count). The quantitative estimate of drug-likeness (QED) is 0.352. The Morgan fingerprint density at radius 1 is 0.640 bits per heavy atom. The molecule has 0 atom stereocenters. The third-order valence-electron chi connectivity index (χ3n) is 4.00. The van der Waals surface area contributed by atoms with E-state index in [1.165, 1.54) is 0 Å². The summed E-state index contributed by atoms with van der Waals surface area (Å²) in [6, 6.07) is 25.9. The Morgan fingerprint density at radius 3 is 2.04 bits per heavy atom. The molecule has 4 heteroatoms. The van der Waals surface area contributed by atoms with Crippen molar-refractivity contribution >= 4 is 46.5 Å². The number of halogens is 3. The Labute approximate surface area is 162 Å². The van der Waals surface area contributed by atoms with E-state index < -0.39 is 0 Å². The smallest absolute Gasteiger partial charge is 0.0716 e. The van der Waals surface area contributed by atoms with E-state index in [1.807, 2.05) is 60.7 Å². The molecule has 0 amide bonds. The largest absolute Gasteiger partial charge is 0.248 e. The van der Waals surface area contributed by atoms with E-state index in [2.05, 4.69) is 18.2 Å². The number of benzene rings is 3. The van der Waals surface area contributed by atoms with Gasteiger partial charge in [-0.25, -0.2) is 4.98 Å². The molecule has 0 bridgehead atoms. The lowest BCUT2D eigenvalue weighted by Crippen LogP contribution is -1.90. The number of rotatable bonds is 2. The lowest BCUT2D eigenvalue weighted by Gasteiger charge is -2.11. The van der Waals surface area contributed by atoms with Crippen molar-refractivity contribution in [2.45, 2.75) is 0 Å². The second-order valence-corrected chi connectivity index (χ2v) is 6.46. The van der Waals surface area contributed by atoms with Crippen LogP contribution in [0.15, 0.2) is 78.9 Å². The maximum absolute atomic E-state index is 6.21. The maximum Gasteiger partial charge on any atom is 0.0716 e. The first-order valence-corrected chi connectivity index (χ1v) is 8.38. The van der Waals surface area contributed by atoms with Gasteiger partial charge in [0.1, 0.15) is 0 Å². The van der Waals surface area contributed by atoms with Gasteiger partial charge in [-0.2, -0.15) is 0 Å². The van der Waals surface area contributed by atoms with Crippen LogP contribution in [0.1, 0.15) is 0 Å². The predicted molar refractivity (Wildman–Crippen MR) is 110 cm³/mol. The molecule has 0 fully saturated rings. The molecule has 1 heterocycles. The summed E-state index contributed by atoms with van der Waals surface area (Å²) in [7, 11) is 0. The van der Waals surface area contributed by atoms with E-state index >= 15 is 0 Å². The molecule has 3 aromatic carbocycles. The lowest BCUT2D eigenvalue weighted by molar-refractivity contribution is 1.40. The van der Waals surface area contributed by atoms with Gasteiger partial charge in [-0.15, -0.1) is 12.4 Å². The van der Waals surface area contributed by atoms with Gasteiger partial charge in [0.2, 0.25) is 0 Å². The average molecular weight is 387 g/mol. The predicted octanol–water partition coefficient (Wildman–Crippen LogP) is 7.30. The van der Waals surface area contributed by atoms with Crippen LogP contribution in [0.2, 0.25) is 10.0 Å². The fourth-order valence-corrected chi connectivity index (χ4v) is 3.12. The highest BCUT2D eigenvalue weighted by Crippen LogP contribution is 2.33. The molecule has 1 aromatic heterocycles. The highest BCUT2D eigenvalue weighted by atomic mass is 35.5. The van der Waals surface area contributed by atoms with Crippen LogP contribution in [-0.4, -0.2) is 4.98 Å². The first-order valence-electron chi connectivity index (χ1n) is 7.62. The summed E-state index contributed by atoms with van der Waals surface area (Å²) in [6.45, 7) is 0. The van der Waals surface area contributed by atoms with E-state index in [0.717, 1.165) is 38.3 Å². The summed E-state index contributed by atoms with van der Waals surface area (Å²) in [5.41, 5.74) is 5.13. The van der Waals surface area contributed by atoms with Crippen LogP contribution < -0.4 is 0 Å². The van der Waals surface area contributed by atoms with Gasteiger partial charge in [-0.1, -0.05) is 65.7 Å². The van der Waals surface area contributed by atoms with Gasteiger partial charge in [0.25, 0.3) is 0 Å². The first-order chi connectivity index (χ1) is 11.7. The molecule has 0 aliphatic rings. The van der Waals surface area contributed by atoms with E-state index in [9.17, 15) is 0 Å². The zero-order chi connectivity index (χ0) is 16.5. The molecule has 0 aliphatic carbocycles. The first kappa shape index (κ1) is 17.8. The van der Waals surface area contributed by atoms with Crippen LogP contribution in [0.25, 0.3) is 33.3 Å². The second-order valence-electron chi connectivity index (χ2n) is 5.59. The van der Waals surface area contributed by atoms with E-state index in [0.29, 0.717) is 5.02 Å². The van der Waals surface area contributed by atoms with E-state index in [1.54, 1.807) is 0 Å². The molecule has 0 radical (unpaired) electrons. The van der Waals surface area contributed by atoms with Crippen LogP contribution in [0.4, 0.5) is 0 Å². The zero-order valence-electron chi connectivity index (χ0n) is 13.1. The number of nitrogens with zero attached hydrogens (tertiary/aromatic N) is 1. The van der Waals surface area contributed by atoms with E-state index in [-0.39, 0.29) is 12.4 Å². The molecule has 0 N–H and O–H groups in total. The third kappa shape index (κ3) is 3.64. The fraction of sp³-hybridized carbons (Fsp3) is 0. The molecule has 0 saturated heterocycles.